The molecule has 9 nitrogen and oxygen atoms in total. The Balaban J connectivity index is 4.20. The van der Waals surface area contributed by atoms with Crippen molar-refractivity contribution in [2.75, 3.05) is 47.5 Å². The first-order valence-corrected chi connectivity index (χ1v) is 32.6. The van der Waals surface area contributed by atoms with Crippen LogP contribution in [-0.2, 0) is 33.3 Å². The number of hydrogen-bond acceptors (Lipinski definition) is 7. The summed E-state index contributed by atoms with van der Waals surface area (Å²) in [6, 6.07) is 0. The third-order valence-electron chi connectivity index (χ3n) is 13.3. The molecule has 0 amide bonds. The maximum absolute atomic E-state index is 12.9. The molecule has 0 heterocycles. The van der Waals surface area contributed by atoms with Crippen molar-refractivity contribution in [3.63, 3.8) is 0 Å². The first-order chi connectivity index (χ1) is 40.6. The summed E-state index contributed by atoms with van der Waals surface area (Å²) in [5.74, 6) is -2.08. The fraction of sp³-hybridized carbons (Fsp3) is 0.608. The molecule has 0 bridgehead atoms. The quantitative estimate of drug-likeness (QED) is 0.0211. The highest BCUT2D eigenvalue weighted by molar-refractivity contribution is 5.71. The number of quaternary nitrogens is 1. The van der Waals surface area contributed by atoms with E-state index in [1.165, 1.54) is 77.0 Å². The van der Waals surface area contributed by atoms with Crippen LogP contribution >= 0.6 is 0 Å². The smallest absolute Gasteiger partial charge is 0.361 e. The van der Waals surface area contributed by atoms with Gasteiger partial charge in [0.15, 0.2) is 6.10 Å². The molecule has 2 unspecified atom stereocenters. The van der Waals surface area contributed by atoms with Crippen molar-refractivity contribution >= 4 is 17.9 Å². The second kappa shape index (κ2) is 62.9. The van der Waals surface area contributed by atoms with Crippen molar-refractivity contribution in [2.45, 2.75) is 245 Å². The Bertz CT molecular complexity index is 1920. The van der Waals surface area contributed by atoms with Gasteiger partial charge in [-0.25, -0.2) is 4.79 Å². The largest absolute Gasteiger partial charge is 0.477 e. The van der Waals surface area contributed by atoms with Crippen LogP contribution in [0.2, 0.25) is 0 Å². The number of carboxylic acids is 1. The van der Waals surface area contributed by atoms with E-state index >= 15 is 0 Å². The Labute approximate surface area is 508 Å². The lowest BCUT2D eigenvalue weighted by Gasteiger charge is -2.25. The van der Waals surface area contributed by atoms with E-state index in [1.54, 1.807) is 0 Å². The third kappa shape index (κ3) is 64.3. The molecule has 468 valence electrons. The Morgan fingerprint density at radius 1 is 0.361 bits per heavy atom. The van der Waals surface area contributed by atoms with Crippen molar-refractivity contribution in [2.24, 2.45) is 0 Å². The van der Waals surface area contributed by atoms with Crippen LogP contribution in [0.4, 0.5) is 0 Å². The van der Waals surface area contributed by atoms with Crippen molar-refractivity contribution in [1.29, 1.82) is 0 Å². The number of allylic oxidation sites excluding steroid dienone is 26. The number of likely N-dealkylation sites (N-methyl/N-ethyl adjacent to an activating group) is 1. The molecule has 0 aliphatic rings. The standard InChI is InChI=1S/C74H119NO8/c1-6-8-10-12-14-16-18-20-22-24-26-28-29-30-31-32-33-34-35-36-37-38-39-40-41-42-43-45-47-49-51-53-55-57-59-61-63-65-72(77)83-70(69-82-74(73(78)79)80-67-66-75(3,4)5)68-81-71(76)64-62-60-58-56-54-52-50-48-46-44-27-25-23-21-19-17-15-13-11-9-7-2/h8-11,14-17,20-23,26-28,30-31,33-34,36-37,44,48,50,54,56,70,74H,6-7,12-13,18-19,24-25,29,32,35,38-43,45-47,49,51-53,55,57-69H2,1-5H3/p+1/b10-8-,11-9-,16-14-,17-15-,22-20-,23-21-,28-26-,31-30-,34-33-,37-36-,44-27-,50-48-,56-54-. The zero-order valence-corrected chi connectivity index (χ0v) is 53.3. The maximum atomic E-state index is 12.9. The number of aliphatic carboxylic acids is 1. The summed E-state index contributed by atoms with van der Waals surface area (Å²) in [6.07, 6.45) is 90.6. The molecule has 2 atom stereocenters. The zero-order chi connectivity index (χ0) is 60.5. The minimum absolute atomic E-state index is 0.173. The predicted molar refractivity (Wildman–Crippen MR) is 354 cm³/mol. The Kier molecular flexibility index (Phi) is 59.1. The minimum Gasteiger partial charge on any atom is -0.477 e. The molecular weight excluding hydrogens is 1030 g/mol. The molecule has 0 aliphatic heterocycles. The van der Waals surface area contributed by atoms with Gasteiger partial charge in [-0.05, 0) is 122 Å². The first-order valence-electron chi connectivity index (χ1n) is 32.6. The van der Waals surface area contributed by atoms with Gasteiger partial charge in [0.25, 0.3) is 6.29 Å². The number of carbonyl (C=O) groups is 3. The topological polar surface area (TPSA) is 108 Å². The number of hydrogen-bond donors (Lipinski definition) is 1. The lowest BCUT2D eigenvalue weighted by molar-refractivity contribution is -0.870. The van der Waals surface area contributed by atoms with Crippen molar-refractivity contribution in [3.8, 4) is 0 Å². The fourth-order valence-corrected chi connectivity index (χ4v) is 8.35. The van der Waals surface area contributed by atoms with Crippen molar-refractivity contribution in [3.05, 3.63) is 158 Å². The van der Waals surface area contributed by atoms with E-state index < -0.39 is 30.3 Å². The number of carbonyl (C=O) groups excluding carboxylic acids is 2. The summed E-state index contributed by atoms with van der Waals surface area (Å²) in [5.41, 5.74) is 0. The summed E-state index contributed by atoms with van der Waals surface area (Å²) in [5, 5.41) is 9.73. The van der Waals surface area contributed by atoms with Gasteiger partial charge in [0.05, 0.1) is 34.4 Å². The second-order valence-electron chi connectivity index (χ2n) is 22.3. The number of nitrogens with zero attached hydrogens (tertiary/aromatic N) is 1. The van der Waals surface area contributed by atoms with Gasteiger partial charge in [-0.1, -0.05) is 255 Å². The molecule has 0 saturated heterocycles. The molecule has 9 heteroatoms. The molecule has 1 N–H and O–H groups in total. The summed E-state index contributed by atoms with van der Waals surface area (Å²) in [6.45, 7) is 4.58. The van der Waals surface area contributed by atoms with Crippen LogP contribution in [0.3, 0.4) is 0 Å². The molecule has 83 heavy (non-hydrogen) atoms. The van der Waals surface area contributed by atoms with E-state index in [2.05, 4.69) is 172 Å². The maximum Gasteiger partial charge on any atom is 0.361 e. The van der Waals surface area contributed by atoms with Crippen LogP contribution in [0.25, 0.3) is 0 Å². The second-order valence-corrected chi connectivity index (χ2v) is 22.3. The van der Waals surface area contributed by atoms with E-state index in [4.69, 9.17) is 18.9 Å². The molecule has 0 aromatic heterocycles. The highest BCUT2D eigenvalue weighted by Gasteiger charge is 2.25. The zero-order valence-electron chi connectivity index (χ0n) is 53.3. The summed E-state index contributed by atoms with van der Waals surface area (Å²) >= 11 is 0. The predicted octanol–water partition coefficient (Wildman–Crippen LogP) is 20.1. The first kappa shape index (κ1) is 77.9. The number of ether oxygens (including phenoxy) is 4. The number of rotatable bonds is 58. The van der Waals surface area contributed by atoms with Crippen LogP contribution in [0, 0.1) is 0 Å². The molecule has 0 fully saturated rings. The average Bonchev–Trinajstić information content (AvgIpc) is 3.46. The molecule has 0 spiro atoms. The molecule has 0 aromatic rings. The van der Waals surface area contributed by atoms with Crippen LogP contribution in [0.15, 0.2) is 158 Å². The highest BCUT2D eigenvalue weighted by atomic mass is 16.7. The molecule has 0 aromatic carbocycles. The Morgan fingerprint density at radius 3 is 0.988 bits per heavy atom. The highest BCUT2D eigenvalue weighted by Crippen LogP contribution is 2.16. The average molecular weight is 1150 g/mol. The number of carboxylic acid groups (broad SMARTS) is 1. The van der Waals surface area contributed by atoms with Crippen LogP contribution in [0.5, 0.6) is 0 Å². The summed E-state index contributed by atoms with van der Waals surface area (Å²) in [7, 11) is 5.95. The van der Waals surface area contributed by atoms with Gasteiger partial charge in [0, 0.05) is 12.8 Å². The number of esters is 2. The third-order valence-corrected chi connectivity index (χ3v) is 13.3. The normalized spacial score (nSPS) is 13.8. The van der Waals surface area contributed by atoms with Gasteiger partial charge < -0.3 is 28.5 Å². The van der Waals surface area contributed by atoms with Crippen LogP contribution in [-0.4, -0.2) is 87.4 Å². The lowest BCUT2D eigenvalue weighted by atomic mass is 10.0. The van der Waals surface area contributed by atoms with E-state index in [-0.39, 0.29) is 32.7 Å². The van der Waals surface area contributed by atoms with Crippen molar-refractivity contribution < 1.29 is 42.9 Å². The van der Waals surface area contributed by atoms with Gasteiger partial charge in [-0.15, -0.1) is 0 Å². The Morgan fingerprint density at radius 2 is 0.651 bits per heavy atom. The SMILES string of the molecule is CC/C=C\C/C=C\C/C=C\C/C=C\C/C=C\C/C=C\C/C=C\CCCCCCCCCCCCCCCCCC(=O)OC(COC(=O)CCCC/C=C\C/C=C\C/C=C\C/C=C\C/C=C\C/C=C\CC)COC(OCC[N+](C)(C)C)C(=O)O. The van der Waals surface area contributed by atoms with Crippen LogP contribution < -0.4 is 0 Å². The minimum atomic E-state index is -1.53. The monoisotopic (exact) mass is 1150 g/mol. The van der Waals surface area contributed by atoms with Gasteiger partial charge >= 0.3 is 17.9 Å². The fourth-order valence-electron chi connectivity index (χ4n) is 8.35. The van der Waals surface area contributed by atoms with Gasteiger partial charge in [-0.2, -0.15) is 0 Å². The molecule has 0 saturated carbocycles. The van der Waals surface area contributed by atoms with Gasteiger partial charge in [0.2, 0.25) is 0 Å². The molecule has 0 aliphatic carbocycles. The van der Waals surface area contributed by atoms with E-state index in [9.17, 15) is 19.5 Å². The van der Waals surface area contributed by atoms with Gasteiger partial charge in [-0.3, -0.25) is 9.59 Å². The molecule has 0 radical (unpaired) electrons. The van der Waals surface area contributed by atoms with Crippen molar-refractivity contribution in [1.82, 2.24) is 0 Å². The Hall–Kier alpha value is -5.09. The summed E-state index contributed by atoms with van der Waals surface area (Å²) in [4.78, 5) is 37.5. The summed E-state index contributed by atoms with van der Waals surface area (Å²) < 4.78 is 22.9. The van der Waals surface area contributed by atoms with Gasteiger partial charge in [0.1, 0.15) is 13.2 Å². The number of unbranched alkanes of at least 4 members (excludes halogenated alkanes) is 17. The van der Waals surface area contributed by atoms with E-state index in [1.807, 2.05) is 21.1 Å². The molecule has 0 rings (SSSR count). The van der Waals surface area contributed by atoms with E-state index in [0.717, 1.165) is 116 Å². The van der Waals surface area contributed by atoms with Crippen LogP contribution in [0.1, 0.15) is 232 Å². The van der Waals surface area contributed by atoms with E-state index in [0.29, 0.717) is 23.9 Å². The molecular formula is C74H120NO8+. The lowest BCUT2D eigenvalue weighted by Crippen LogP contribution is -2.40.